The average Bonchev–Trinajstić information content (AvgIpc) is 3.00. The number of carbonyl (C=O) groups is 2. The summed E-state index contributed by atoms with van der Waals surface area (Å²) < 4.78 is 0. The van der Waals surface area contributed by atoms with Crippen LogP contribution in [-0.2, 0) is 4.79 Å². The first-order valence-electron chi connectivity index (χ1n) is 8.07. The van der Waals surface area contributed by atoms with Crippen molar-refractivity contribution in [2.75, 3.05) is 19.6 Å². The summed E-state index contributed by atoms with van der Waals surface area (Å²) in [5.41, 5.74) is -1.07. The zero-order chi connectivity index (χ0) is 15.3. The van der Waals surface area contributed by atoms with E-state index in [0.29, 0.717) is 25.4 Å². The van der Waals surface area contributed by atoms with Crippen molar-refractivity contribution in [2.24, 2.45) is 0 Å². The van der Waals surface area contributed by atoms with Gasteiger partial charge in [-0.2, -0.15) is 0 Å². The van der Waals surface area contributed by atoms with Gasteiger partial charge in [0.2, 0.25) is 0 Å². The maximum atomic E-state index is 12.0. The number of aliphatic carboxylic acids is 1. The van der Waals surface area contributed by atoms with E-state index in [0.717, 1.165) is 32.4 Å². The van der Waals surface area contributed by atoms with Crippen LogP contribution < -0.4 is 10.6 Å². The Hall–Kier alpha value is -1.30. The van der Waals surface area contributed by atoms with Crippen molar-refractivity contribution in [3.8, 4) is 0 Å². The van der Waals surface area contributed by atoms with Crippen molar-refractivity contribution >= 4 is 12.0 Å². The molecule has 0 spiro atoms. The topological polar surface area (TPSA) is 81.7 Å². The minimum atomic E-state index is -1.07. The van der Waals surface area contributed by atoms with Gasteiger partial charge in [0, 0.05) is 12.6 Å². The Bertz CT molecular complexity index is 374. The minimum absolute atomic E-state index is 0.297. The Morgan fingerprint density at radius 2 is 1.76 bits per heavy atom. The van der Waals surface area contributed by atoms with E-state index < -0.39 is 11.5 Å². The van der Waals surface area contributed by atoms with Gasteiger partial charge in [0.15, 0.2) is 0 Å². The Morgan fingerprint density at radius 3 is 2.33 bits per heavy atom. The number of amides is 2. The number of rotatable bonds is 5. The standard InChI is InChI=1S/C15H27N3O3/c1-12(18-9-5-6-10-18)11-16-14(21)17-15(13(19)20)7-3-2-4-8-15/h12H,2-11H2,1H3,(H,19,20)(H2,16,17,21). The summed E-state index contributed by atoms with van der Waals surface area (Å²) in [5.74, 6) is -0.912. The summed E-state index contributed by atoms with van der Waals surface area (Å²) in [5, 5.41) is 15.0. The second-order valence-corrected chi connectivity index (χ2v) is 6.38. The average molecular weight is 297 g/mol. The van der Waals surface area contributed by atoms with Crippen LogP contribution in [0.25, 0.3) is 0 Å². The zero-order valence-electron chi connectivity index (χ0n) is 12.9. The lowest BCUT2D eigenvalue weighted by Crippen LogP contribution is -2.58. The summed E-state index contributed by atoms with van der Waals surface area (Å²) >= 11 is 0. The molecule has 3 N–H and O–H groups in total. The molecule has 6 heteroatoms. The van der Waals surface area contributed by atoms with Crippen molar-refractivity contribution < 1.29 is 14.7 Å². The molecule has 1 unspecified atom stereocenters. The molecule has 0 aromatic rings. The summed E-state index contributed by atoms with van der Waals surface area (Å²) in [4.78, 5) is 25.9. The molecule has 1 heterocycles. The lowest BCUT2D eigenvalue weighted by Gasteiger charge is -2.34. The number of nitrogens with zero attached hydrogens (tertiary/aromatic N) is 1. The van der Waals surface area contributed by atoms with E-state index >= 15 is 0 Å². The van der Waals surface area contributed by atoms with E-state index in [9.17, 15) is 14.7 Å². The largest absolute Gasteiger partial charge is 0.480 e. The van der Waals surface area contributed by atoms with Crippen LogP contribution in [0.3, 0.4) is 0 Å². The van der Waals surface area contributed by atoms with Crippen LogP contribution in [0.2, 0.25) is 0 Å². The second-order valence-electron chi connectivity index (χ2n) is 6.38. The first-order chi connectivity index (χ1) is 10.0. The van der Waals surface area contributed by atoms with Gasteiger partial charge in [0.25, 0.3) is 0 Å². The van der Waals surface area contributed by atoms with Gasteiger partial charge in [0.05, 0.1) is 0 Å². The number of carboxylic acid groups (broad SMARTS) is 1. The first-order valence-corrected chi connectivity index (χ1v) is 8.07. The number of hydrogen-bond donors (Lipinski definition) is 3. The highest BCUT2D eigenvalue weighted by Gasteiger charge is 2.41. The highest BCUT2D eigenvalue weighted by atomic mass is 16.4. The monoisotopic (exact) mass is 297 g/mol. The summed E-state index contributed by atoms with van der Waals surface area (Å²) in [6.45, 7) is 4.83. The van der Waals surface area contributed by atoms with Crippen molar-refractivity contribution in [1.82, 2.24) is 15.5 Å². The van der Waals surface area contributed by atoms with Crippen LogP contribution in [0.5, 0.6) is 0 Å². The molecule has 0 radical (unpaired) electrons. The maximum Gasteiger partial charge on any atom is 0.329 e. The predicted octanol–water partition coefficient (Wildman–Crippen LogP) is 1.56. The molecule has 1 saturated carbocycles. The molecule has 0 bridgehead atoms. The quantitative estimate of drug-likeness (QED) is 0.719. The smallest absolute Gasteiger partial charge is 0.329 e. The van der Waals surface area contributed by atoms with Gasteiger partial charge in [-0.05, 0) is 45.7 Å². The Balaban J connectivity index is 1.80. The van der Waals surface area contributed by atoms with E-state index in [1.54, 1.807) is 0 Å². The molecule has 2 aliphatic rings. The number of likely N-dealkylation sites (tertiary alicyclic amines) is 1. The molecule has 1 aliphatic carbocycles. The summed E-state index contributed by atoms with van der Waals surface area (Å²) in [6, 6.07) is -0.0595. The van der Waals surface area contributed by atoms with E-state index in [2.05, 4.69) is 22.5 Å². The number of nitrogens with one attached hydrogen (secondary N) is 2. The van der Waals surface area contributed by atoms with E-state index in [1.165, 1.54) is 12.8 Å². The third-order valence-electron chi connectivity index (χ3n) is 4.79. The Labute approximate surface area is 126 Å². The lowest BCUT2D eigenvalue weighted by atomic mass is 9.82. The van der Waals surface area contributed by atoms with Gasteiger partial charge in [-0.25, -0.2) is 9.59 Å². The molecule has 6 nitrogen and oxygen atoms in total. The van der Waals surface area contributed by atoms with Crippen molar-refractivity contribution in [3.05, 3.63) is 0 Å². The van der Waals surface area contributed by atoms with Crippen LogP contribution in [0, 0.1) is 0 Å². The first kappa shape index (κ1) is 16.1. The molecule has 2 amide bonds. The highest BCUT2D eigenvalue weighted by molar-refractivity contribution is 5.86. The predicted molar refractivity (Wildman–Crippen MR) is 80.3 cm³/mol. The number of carboxylic acids is 1. The Morgan fingerprint density at radius 1 is 1.14 bits per heavy atom. The summed E-state index contributed by atoms with van der Waals surface area (Å²) in [7, 11) is 0. The fourth-order valence-corrected chi connectivity index (χ4v) is 3.36. The molecule has 1 saturated heterocycles. The van der Waals surface area contributed by atoms with Crippen LogP contribution in [0.4, 0.5) is 4.79 Å². The molecular formula is C15H27N3O3. The number of carbonyl (C=O) groups excluding carboxylic acids is 1. The van der Waals surface area contributed by atoms with Crippen LogP contribution in [0.15, 0.2) is 0 Å². The van der Waals surface area contributed by atoms with Gasteiger partial charge in [0.1, 0.15) is 5.54 Å². The number of urea groups is 1. The van der Waals surface area contributed by atoms with Gasteiger partial charge >= 0.3 is 12.0 Å². The minimum Gasteiger partial charge on any atom is -0.480 e. The molecule has 120 valence electrons. The van der Waals surface area contributed by atoms with E-state index in [-0.39, 0.29) is 6.03 Å². The second kappa shape index (κ2) is 7.11. The van der Waals surface area contributed by atoms with Crippen molar-refractivity contribution in [3.63, 3.8) is 0 Å². The molecule has 0 aromatic heterocycles. The fraction of sp³-hybridized carbons (Fsp3) is 0.867. The van der Waals surface area contributed by atoms with Gasteiger partial charge in [-0.3, -0.25) is 4.90 Å². The van der Waals surface area contributed by atoms with Gasteiger partial charge < -0.3 is 15.7 Å². The molecule has 1 atom stereocenters. The third kappa shape index (κ3) is 4.09. The summed E-state index contributed by atoms with van der Waals surface area (Å²) in [6.07, 6.45) is 6.25. The Kier molecular flexibility index (Phi) is 5.45. The van der Waals surface area contributed by atoms with E-state index in [1.807, 2.05) is 0 Å². The van der Waals surface area contributed by atoms with Crippen molar-refractivity contribution in [1.29, 1.82) is 0 Å². The zero-order valence-corrected chi connectivity index (χ0v) is 12.9. The molecule has 0 aromatic carbocycles. The van der Waals surface area contributed by atoms with E-state index in [4.69, 9.17) is 0 Å². The highest BCUT2D eigenvalue weighted by Crippen LogP contribution is 2.28. The molecule has 21 heavy (non-hydrogen) atoms. The van der Waals surface area contributed by atoms with Gasteiger partial charge in [-0.1, -0.05) is 19.3 Å². The van der Waals surface area contributed by atoms with Crippen molar-refractivity contribution in [2.45, 2.75) is 63.5 Å². The molecule has 1 aliphatic heterocycles. The van der Waals surface area contributed by atoms with Crippen LogP contribution in [-0.4, -0.2) is 53.2 Å². The number of hydrogen-bond acceptors (Lipinski definition) is 3. The lowest BCUT2D eigenvalue weighted by molar-refractivity contribution is -0.145. The molecular weight excluding hydrogens is 270 g/mol. The fourth-order valence-electron chi connectivity index (χ4n) is 3.36. The molecule has 2 fully saturated rings. The normalized spacial score (nSPS) is 23.5. The van der Waals surface area contributed by atoms with Gasteiger partial charge in [-0.15, -0.1) is 0 Å². The SMILES string of the molecule is CC(CNC(=O)NC1(C(=O)O)CCCCC1)N1CCCC1. The third-order valence-corrected chi connectivity index (χ3v) is 4.79. The molecule has 2 rings (SSSR count). The maximum absolute atomic E-state index is 12.0. The van der Waals surface area contributed by atoms with Crippen LogP contribution >= 0.6 is 0 Å². The van der Waals surface area contributed by atoms with Crippen LogP contribution in [0.1, 0.15) is 51.9 Å².